The first-order valence-corrected chi connectivity index (χ1v) is 13.7. The number of hydrogen-bond donors (Lipinski definition) is 0. The van der Waals surface area contributed by atoms with Gasteiger partial charge in [0.1, 0.15) is 17.7 Å². The van der Waals surface area contributed by atoms with E-state index in [2.05, 4.69) is 36.4 Å². The van der Waals surface area contributed by atoms with Gasteiger partial charge in [-0.2, -0.15) is 0 Å². The van der Waals surface area contributed by atoms with Gasteiger partial charge in [0.2, 0.25) is 0 Å². The fourth-order valence-corrected chi connectivity index (χ4v) is 5.49. The highest BCUT2D eigenvalue weighted by Crippen LogP contribution is 2.43. The highest BCUT2D eigenvalue weighted by molar-refractivity contribution is 7.99. The van der Waals surface area contributed by atoms with E-state index in [1.54, 1.807) is 12.1 Å². The molecule has 1 unspecified atom stereocenters. The Labute approximate surface area is 228 Å². The number of carbonyl (C=O) groups excluding carboxylic acids is 1. The Morgan fingerprint density at radius 3 is 2.03 bits per heavy atom. The van der Waals surface area contributed by atoms with Crippen molar-refractivity contribution in [2.75, 3.05) is 19.8 Å². The zero-order chi connectivity index (χ0) is 26.5. The van der Waals surface area contributed by atoms with Crippen LogP contribution in [0.25, 0.3) is 11.1 Å². The molecule has 4 aromatic carbocycles. The summed E-state index contributed by atoms with van der Waals surface area (Å²) >= 11 is 1.90. The third-order valence-corrected chi connectivity index (χ3v) is 7.74. The van der Waals surface area contributed by atoms with Gasteiger partial charge in [-0.05, 0) is 97.7 Å². The fraction of sp³-hybridized carbons (Fsp3) is 0.182. The molecular weight excluding hydrogens is 490 g/mol. The van der Waals surface area contributed by atoms with E-state index in [9.17, 15) is 4.79 Å². The van der Waals surface area contributed by atoms with Crippen LogP contribution in [0, 0.1) is 0 Å². The van der Waals surface area contributed by atoms with Crippen LogP contribution in [0.5, 0.6) is 11.5 Å². The summed E-state index contributed by atoms with van der Waals surface area (Å²) in [5.41, 5.74) is 6.52. The molecule has 0 fully saturated rings. The Morgan fingerprint density at radius 2 is 1.37 bits per heavy atom. The van der Waals surface area contributed by atoms with E-state index in [1.165, 1.54) is 21.6 Å². The average Bonchev–Trinajstić information content (AvgIpc) is 2.95. The quantitative estimate of drug-likeness (QED) is 0.142. The molecule has 0 aromatic heterocycles. The molecule has 192 valence electrons. The van der Waals surface area contributed by atoms with E-state index >= 15 is 0 Å². The zero-order valence-corrected chi connectivity index (χ0v) is 22.7. The van der Waals surface area contributed by atoms with Crippen molar-refractivity contribution in [3.05, 3.63) is 125 Å². The number of carbonyl (C=O) groups is 1. The lowest BCUT2D eigenvalue weighted by Gasteiger charge is -2.24. The SMILES string of the molecule is CC(Oc1ccc(/C(=C2/CCSc3ccccc32)c2ccc(OC(=O)c3ccccc3)cc2)cc1)N(C)C. The number of esters is 1. The molecular formula is C33H31NO3S. The molecule has 0 spiro atoms. The van der Waals surface area contributed by atoms with Gasteiger partial charge in [0, 0.05) is 10.6 Å². The summed E-state index contributed by atoms with van der Waals surface area (Å²) in [4.78, 5) is 15.9. The van der Waals surface area contributed by atoms with Crippen molar-refractivity contribution in [3.63, 3.8) is 0 Å². The van der Waals surface area contributed by atoms with Crippen molar-refractivity contribution in [2.45, 2.75) is 24.5 Å². The summed E-state index contributed by atoms with van der Waals surface area (Å²) in [6.07, 6.45) is 0.949. The maximum absolute atomic E-state index is 12.5. The van der Waals surface area contributed by atoms with E-state index in [1.807, 2.05) is 92.3 Å². The first-order chi connectivity index (χ1) is 18.5. The lowest BCUT2D eigenvalue weighted by molar-refractivity contribution is 0.0734. The molecule has 0 radical (unpaired) electrons. The van der Waals surface area contributed by atoms with Crippen LogP contribution in [-0.4, -0.2) is 36.9 Å². The number of thioether (sulfide) groups is 1. The monoisotopic (exact) mass is 521 g/mol. The Morgan fingerprint density at radius 1 is 0.763 bits per heavy atom. The molecule has 0 bridgehead atoms. The summed E-state index contributed by atoms with van der Waals surface area (Å²) in [6.45, 7) is 2.03. The minimum absolute atomic E-state index is 0.0212. The van der Waals surface area contributed by atoms with Crippen molar-refractivity contribution in [3.8, 4) is 11.5 Å². The number of hydrogen-bond acceptors (Lipinski definition) is 5. The summed E-state index contributed by atoms with van der Waals surface area (Å²) in [7, 11) is 4.00. The first-order valence-electron chi connectivity index (χ1n) is 12.8. The van der Waals surface area contributed by atoms with Crippen LogP contribution in [0.15, 0.2) is 108 Å². The summed E-state index contributed by atoms with van der Waals surface area (Å²) in [5, 5.41) is 0. The van der Waals surface area contributed by atoms with E-state index in [4.69, 9.17) is 9.47 Å². The average molecular weight is 522 g/mol. The smallest absolute Gasteiger partial charge is 0.343 e. The third kappa shape index (κ3) is 5.85. The largest absolute Gasteiger partial charge is 0.475 e. The van der Waals surface area contributed by atoms with Gasteiger partial charge >= 0.3 is 5.97 Å². The van der Waals surface area contributed by atoms with Crippen LogP contribution in [-0.2, 0) is 0 Å². The van der Waals surface area contributed by atoms with Crippen LogP contribution >= 0.6 is 11.8 Å². The number of allylic oxidation sites excluding steroid dienone is 1. The summed E-state index contributed by atoms with van der Waals surface area (Å²) < 4.78 is 11.7. The van der Waals surface area contributed by atoms with Gasteiger partial charge in [-0.1, -0.05) is 60.7 Å². The second-order valence-corrected chi connectivity index (χ2v) is 10.6. The molecule has 38 heavy (non-hydrogen) atoms. The molecule has 0 saturated heterocycles. The second-order valence-electron chi connectivity index (χ2n) is 9.43. The molecule has 0 saturated carbocycles. The van der Waals surface area contributed by atoms with Crippen LogP contribution < -0.4 is 9.47 Å². The van der Waals surface area contributed by atoms with Crippen LogP contribution in [0.3, 0.4) is 0 Å². The minimum Gasteiger partial charge on any atom is -0.475 e. The number of benzene rings is 4. The van der Waals surface area contributed by atoms with E-state index < -0.39 is 0 Å². The molecule has 0 aliphatic carbocycles. The maximum Gasteiger partial charge on any atom is 0.343 e. The van der Waals surface area contributed by atoms with Crippen LogP contribution in [0.2, 0.25) is 0 Å². The van der Waals surface area contributed by atoms with Crippen LogP contribution in [0.1, 0.15) is 40.4 Å². The number of fused-ring (bicyclic) bond motifs is 1. The van der Waals surface area contributed by atoms with Gasteiger partial charge in [-0.25, -0.2) is 4.79 Å². The van der Waals surface area contributed by atoms with Gasteiger partial charge in [-0.15, -0.1) is 11.8 Å². The number of rotatable bonds is 7. The predicted octanol–water partition coefficient (Wildman–Crippen LogP) is 7.65. The second kappa shape index (κ2) is 11.7. The Kier molecular flexibility index (Phi) is 7.97. The standard InChI is InChI=1S/C33H31NO3S/c1-23(34(2)3)36-27-17-13-24(14-18-27)32(30-21-22-38-31-12-8-7-11-29(30)31)25-15-19-28(20-16-25)37-33(35)26-9-5-4-6-10-26/h4-20,23H,21-22H2,1-3H3/b32-30+. The van der Waals surface area contributed by atoms with Crippen molar-refractivity contribution in [1.29, 1.82) is 0 Å². The Balaban J connectivity index is 1.51. The normalized spacial score (nSPS) is 14.9. The molecule has 0 amide bonds. The van der Waals surface area contributed by atoms with Crippen LogP contribution in [0.4, 0.5) is 0 Å². The van der Waals surface area contributed by atoms with E-state index in [0.717, 1.165) is 29.1 Å². The zero-order valence-electron chi connectivity index (χ0n) is 21.9. The number of ether oxygens (including phenoxy) is 2. The van der Waals surface area contributed by atoms with E-state index in [-0.39, 0.29) is 12.2 Å². The predicted molar refractivity (Wildman–Crippen MR) is 156 cm³/mol. The summed E-state index contributed by atoms with van der Waals surface area (Å²) in [5.74, 6) is 2.03. The molecule has 1 heterocycles. The molecule has 5 rings (SSSR count). The molecule has 1 aliphatic rings. The highest BCUT2D eigenvalue weighted by Gasteiger charge is 2.21. The number of nitrogens with zero attached hydrogens (tertiary/aromatic N) is 1. The Hall–Kier alpha value is -3.80. The van der Waals surface area contributed by atoms with Crippen molar-refractivity contribution in [2.24, 2.45) is 0 Å². The van der Waals surface area contributed by atoms with Gasteiger partial charge < -0.3 is 9.47 Å². The fourth-order valence-electron chi connectivity index (χ4n) is 4.45. The van der Waals surface area contributed by atoms with Gasteiger partial charge in [0.15, 0.2) is 0 Å². The topological polar surface area (TPSA) is 38.8 Å². The molecule has 0 N–H and O–H groups in total. The lowest BCUT2D eigenvalue weighted by atomic mass is 9.88. The third-order valence-electron chi connectivity index (χ3n) is 6.66. The van der Waals surface area contributed by atoms with Crippen molar-refractivity contribution >= 4 is 28.9 Å². The molecule has 4 nitrogen and oxygen atoms in total. The van der Waals surface area contributed by atoms with E-state index in [0.29, 0.717) is 11.3 Å². The summed E-state index contributed by atoms with van der Waals surface area (Å²) in [6, 6.07) is 33.8. The highest BCUT2D eigenvalue weighted by atomic mass is 32.2. The molecule has 5 heteroatoms. The molecule has 1 aliphatic heterocycles. The first kappa shape index (κ1) is 25.8. The van der Waals surface area contributed by atoms with Gasteiger partial charge in [0.05, 0.1) is 5.56 Å². The van der Waals surface area contributed by atoms with Crippen molar-refractivity contribution < 1.29 is 14.3 Å². The Bertz CT molecular complexity index is 1430. The minimum atomic E-state index is -0.363. The maximum atomic E-state index is 12.5. The molecule has 1 atom stereocenters. The molecule has 4 aromatic rings. The van der Waals surface area contributed by atoms with Crippen molar-refractivity contribution in [1.82, 2.24) is 4.90 Å². The van der Waals surface area contributed by atoms with Gasteiger partial charge in [0.25, 0.3) is 0 Å². The lowest BCUT2D eigenvalue weighted by Crippen LogP contribution is -2.30. The van der Waals surface area contributed by atoms with Gasteiger partial charge in [-0.3, -0.25) is 4.90 Å².